The van der Waals surface area contributed by atoms with Gasteiger partial charge in [0.1, 0.15) is 0 Å². The summed E-state index contributed by atoms with van der Waals surface area (Å²) in [6.07, 6.45) is 41.2. The maximum absolute atomic E-state index is 2.50. The summed E-state index contributed by atoms with van der Waals surface area (Å²) in [6.45, 7) is 9.38. The van der Waals surface area contributed by atoms with E-state index in [1.54, 1.807) is 5.57 Å². The van der Waals surface area contributed by atoms with E-state index in [1.807, 2.05) is 0 Å². The van der Waals surface area contributed by atoms with Gasteiger partial charge in [-0.05, 0) is 151 Å². The molecule has 0 spiro atoms. The van der Waals surface area contributed by atoms with Crippen molar-refractivity contribution in [3.05, 3.63) is 269 Å². The number of rotatable bonds is 11. The second-order valence-electron chi connectivity index (χ2n) is 20.3. The van der Waals surface area contributed by atoms with Crippen LogP contribution in [0, 0.1) is 17.3 Å². The molecule has 6 aromatic rings. The summed E-state index contributed by atoms with van der Waals surface area (Å²) in [6, 6.07) is 49.6. The van der Waals surface area contributed by atoms with Gasteiger partial charge in [-0.2, -0.15) is 0 Å². The van der Waals surface area contributed by atoms with Gasteiger partial charge in [0.2, 0.25) is 0 Å². The van der Waals surface area contributed by atoms with E-state index in [4.69, 9.17) is 0 Å². The van der Waals surface area contributed by atoms with E-state index in [-0.39, 0.29) is 16.7 Å². The third-order valence-corrected chi connectivity index (χ3v) is 15.6. The summed E-state index contributed by atoms with van der Waals surface area (Å²) in [7, 11) is 0. The molecule has 0 radical (unpaired) electrons. The van der Waals surface area contributed by atoms with Crippen LogP contribution in [0.2, 0.25) is 0 Å². The van der Waals surface area contributed by atoms with Crippen LogP contribution in [0.3, 0.4) is 0 Å². The van der Waals surface area contributed by atoms with E-state index in [2.05, 4.69) is 252 Å². The molecule has 0 N–H and O–H groups in total. The molecule has 68 heavy (non-hydrogen) atoms. The van der Waals surface area contributed by atoms with Crippen molar-refractivity contribution in [2.45, 2.75) is 71.1 Å². The van der Waals surface area contributed by atoms with E-state index in [0.29, 0.717) is 0 Å². The average molecular weight is 879 g/mol. The van der Waals surface area contributed by atoms with Crippen LogP contribution in [0.15, 0.2) is 235 Å². The van der Waals surface area contributed by atoms with Crippen molar-refractivity contribution in [2.75, 3.05) is 0 Å². The smallest absolute Gasteiger partial charge is 0.0142 e. The highest BCUT2D eigenvalue weighted by Gasteiger charge is 2.45. The van der Waals surface area contributed by atoms with E-state index in [1.165, 1.54) is 95.1 Å². The van der Waals surface area contributed by atoms with E-state index < -0.39 is 0 Å². The Balaban J connectivity index is 0.945. The minimum atomic E-state index is 0.0132. The molecule has 0 heterocycles. The molecule has 1 saturated carbocycles. The minimum absolute atomic E-state index is 0.0132. The Morgan fingerprint density at radius 1 is 0.676 bits per heavy atom. The Bertz CT molecular complexity index is 3210. The maximum Gasteiger partial charge on any atom is 0.0142 e. The largest absolute Gasteiger partial charge is 0.0808 e. The summed E-state index contributed by atoms with van der Waals surface area (Å²) in [5.74, 6) is 1.73. The summed E-state index contributed by atoms with van der Waals surface area (Å²) >= 11 is 0. The third-order valence-electron chi connectivity index (χ3n) is 15.6. The number of benzene rings is 6. The number of hydrogen-bond donors (Lipinski definition) is 0. The van der Waals surface area contributed by atoms with Gasteiger partial charge in [-0.1, -0.05) is 246 Å². The van der Waals surface area contributed by atoms with Gasteiger partial charge in [0.15, 0.2) is 0 Å². The Morgan fingerprint density at radius 2 is 1.35 bits per heavy atom. The highest BCUT2D eigenvalue weighted by atomic mass is 14.5. The molecule has 0 amide bonds. The molecule has 0 bridgehead atoms. The Kier molecular flexibility index (Phi) is 11.7. The van der Waals surface area contributed by atoms with E-state index >= 15 is 0 Å². The monoisotopic (exact) mass is 878 g/mol. The summed E-state index contributed by atoms with van der Waals surface area (Å²) < 4.78 is 0. The first kappa shape index (κ1) is 43.5. The molecule has 0 saturated heterocycles. The summed E-state index contributed by atoms with van der Waals surface area (Å²) in [5, 5.41) is 2.60. The van der Waals surface area contributed by atoms with Crippen molar-refractivity contribution in [3.63, 3.8) is 0 Å². The quantitative estimate of drug-likeness (QED) is 0.114. The minimum Gasteiger partial charge on any atom is -0.0808 e. The molecule has 0 nitrogen and oxygen atoms in total. The first-order valence-electron chi connectivity index (χ1n) is 25.1. The highest BCUT2D eigenvalue weighted by molar-refractivity contribution is 6.12. The second-order valence-corrected chi connectivity index (χ2v) is 20.3. The molecular weight excluding hydrogens is 817 g/mol. The number of hydrogen-bond acceptors (Lipinski definition) is 0. The highest BCUT2D eigenvalue weighted by Crippen LogP contribution is 2.55. The predicted molar refractivity (Wildman–Crippen MR) is 292 cm³/mol. The molecule has 1 fully saturated rings. The molecule has 334 valence electrons. The van der Waals surface area contributed by atoms with Gasteiger partial charge in [-0.3, -0.25) is 0 Å². The van der Waals surface area contributed by atoms with Crippen LogP contribution < -0.4 is 0 Å². The Morgan fingerprint density at radius 3 is 2.03 bits per heavy atom. The van der Waals surface area contributed by atoms with Crippen molar-refractivity contribution in [1.29, 1.82) is 0 Å². The molecule has 0 aliphatic heterocycles. The maximum atomic E-state index is 2.50. The van der Waals surface area contributed by atoms with Gasteiger partial charge in [-0.25, -0.2) is 0 Å². The van der Waals surface area contributed by atoms with Crippen molar-refractivity contribution >= 4 is 28.0 Å². The van der Waals surface area contributed by atoms with Crippen LogP contribution in [0.1, 0.15) is 92.7 Å². The molecule has 0 heteroatoms. The van der Waals surface area contributed by atoms with Crippen LogP contribution in [-0.2, 0) is 11.8 Å². The topological polar surface area (TPSA) is 0 Å². The molecule has 11 rings (SSSR count). The fourth-order valence-corrected chi connectivity index (χ4v) is 11.5. The molecule has 0 aromatic heterocycles. The van der Waals surface area contributed by atoms with Crippen LogP contribution in [0.5, 0.6) is 0 Å². The SMILES string of the molecule is CC/C=C(\C=C/C(C)c1ccc2c(-c3ccccc3)c3c(c(-c4ccccc4)c2c1)CC=CC(c1ccc(C2=CCC(C)(c4ccccc4)C=C2)cc1)=C3)C1=CCC(C)(C2=CC=CC3CC23)C=C1. The molecule has 5 aliphatic carbocycles. The molecular formula is C68H62. The molecule has 5 unspecified atom stereocenters. The van der Waals surface area contributed by atoms with Crippen LogP contribution >= 0.6 is 0 Å². The van der Waals surface area contributed by atoms with Gasteiger partial charge in [0, 0.05) is 10.8 Å². The lowest BCUT2D eigenvalue weighted by molar-refractivity contribution is 0.481. The van der Waals surface area contributed by atoms with Crippen molar-refractivity contribution < 1.29 is 0 Å². The van der Waals surface area contributed by atoms with Gasteiger partial charge in [0.25, 0.3) is 0 Å². The first-order chi connectivity index (χ1) is 33.3. The van der Waals surface area contributed by atoms with Crippen molar-refractivity contribution in [1.82, 2.24) is 0 Å². The van der Waals surface area contributed by atoms with Gasteiger partial charge in [-0.15, -0.1) is 0 Å². The van der Waals surface area contributed by atoms with Crippen molar-refractivity contribution in [2.24, 2.45) is 17.3 Å². The van der Waals surface area contributed by atoms with Crippen LogP contribution in [-0.4, -0.2) is 0 Å². The fraction of sp³-hybridized carbons (Fsp3) is 0.206. The average Bonchev–Trinajstić information content (AvgIpc) is 4.22. The normalized spacial score (nSPS) is 23.3. The van der Waals surface area contributed by atoms with Gasteiger partial charge < -0.3 is 0 Å². The lowest BCUT2D eigenvalue weighted by Crippen LogP contribution is -2.20. The molecule has 6 aromatic carbocycles. The first-order valence-corrected chi connectivity index (χ1v) is 25.1. The Hall–Kier alpha value is -7.02. The predicted octanol–water partition coefficient (Wildman–Crippen LogP) is 18.1. The number of allylic oxidation sites excluding steroid dienone is 19. The zero-order valence-corrected chi connectivity index (χ0v) is 40.1. The standard InChI is InChI=1S/C68H62/c1-5-17-48(51-38-42-68(4,43-39-51)64-27-16-23-57-46-61(57)64)29-28-47(2)55-34-35-60-62(44-55)65(53-18-9-6-10-19-53)59-26-15-22-56(45-63(59)66(60)54-20-11-7-12-21-54)50-32-30-49(31-33-50)52-36-40-67(3,41-37-52)58-24-13-8-14-25-58/h6-25,27-40,42,44-45,47,57,61H,5,26,41,43,46H2,1-4H3/b29-28-,48-17+. The summed E-state index contributed by atoms with van der Waals surface area (Å²) in [4.78, 5) is 0. The Labute approximate surface area is 405 Å². The zero-order valence-electron chi connectivity index (χ0n) is 40.1. The molecule has 5 aliphatic rings. The van der Waals surface area contributed by atoms with Gasteiger partial charge in [0.05, 0.1) is 0 Å². The van der Waals surface area contributed by atoms with Crippen molar-refractivity contribution in [3.8, 4) is 22.3 Å². The third kappa shape index (κ3) is 8.36. The summed E-state index contributed by atoms with van der Waals surface area (Å²) in [5.41, 5.74) is 19.9. The number of fused-ring (bicyclic) bond motifs is 3. The van der Waals surface area contributed by atoms with Crippen LogP contribution in [0.4, 0.5) is 0 Å². The second kappa shape index (κ2) is 18.2. The fourth-order valence-electron chi connectivity index (χ4n) is 11.5. The zero-order chi connectivity index (χ0) is 46.2. The lowest BCUT2D eigenvalue weighted by atomic mass is 9.72. The van der Waals surface area contributed by atoms with E-state index in [9.17, 15) is 0 Å². The van der Waals surface area contributed by atoms with E-state index in [0.717, 1.165) is 37.5 Å². The lowest BCUT2D eigenvalue weighted by Gasteiger charge is -2.32. The van der Waals surface area contributed by atoms with Gasteiger partial charge >= 0.3 is 0 Å². The van der Waals surface area contributed by atoms with Crippen LogP contribution in [0.25, 0.3) is 50.2 Å². The molecule has 5 atom stereocenters.